The highest BCUT2D eigenvalue weighted by Gasteiger charge is 2.35. The van der Waals surface area contributed by atoms with Crippen LogP contribution in [-0.4, -0.2) is 16.9 Å². The molecule has 0 heterocycles. The fraction of sp³-hybridized carbons (Fsp3) is 0.909. The van der Waals surface area contributed by atoms with Crippen LogP contribution in [0.25, 0.3) is 0 Å². The van der Waals surface area contributed by atoms with Gasteiger partial charge in [0, 0.05) is 12.0 Å². The van der Waals surface area contributed by atoms with Gasteiger partial charge in [0.1, 0.15) is 0 Å². The van der Waals surface area contributed by atoms with Crippen LogP contribution < -0.4 is 0 Å². The van der Waals surface area contributed by atoms with Crippen LogP contribution in [0.1, 0.15) is 48.0 Å². The Morgan fingerprint density at radius 3 is 1.64 bits per heavy atom. The maximum atomic E-state index is 10.0. The molecule has 14 heavy (non-hydrogen) atoms. The van der Waals surface area contributed by atoms with E-state index in [1.54, 1.807) is 0 Å². The third-order valence-corrected chi connectivity index (χ3v) is 5.10. The molecule has 0 spiro atoms. The van der Waals surface area contributed by atoms with Crippen molar-refractivity contribution in [3.63, 3.8) is 0 Å². The topological polar surface area (TPSA) is 20.2 Å². The standard InChI is InChI=1S/C11H25OPS/c1-10(2,3)8-9(11(4,5)6)13(7,12)14/h9,12,14H,7-8H2,1-6H3. The SMILES string of the molecule is C=P(O)(S)C(CC(C)(C)C)C(C)(C)C. The second-order valence-corrected chi connectivity index (χ2v) is 10.7. The molecule has 0 fully saturated rings. The summed E-state index contributed by atoms with van der Waals surface area (Å²) in [5.41, 5.74) is 0.476. The Morgan fingerprint density at radius 2 is 1.57 bits per heavy atom. The van der Waals surface area contributed by atoms with Gasteiger partial charge < -0.3 is 4.89 Å². The maximum absolute atomic E-state index is 10.0. The van der Waals surface area contributed by atoms with Gasteiger partial charge in [-0.25, -0.2) is 0 Å². The van der Waals surface area contributed by atoms with Gasteiger partial charge in [-0.05, 0) is 17.3 Å². The van der Waals surface area contributed by atoms with Crippen molar-refractivity contribution in [1.82, 2.24) is 0 Å². The quantitative estimate of drug-likeness (QED) is 0.547. The summed E-state index contributed by atoms with van der Waals surface area (Å²) in [7, 11) is 0. The Kier molecular flexibility index (Phi) is 4.42. The van der Waals surface area contributed by atoms with E-state index in [9.17, 15) is 4.89 Å². The Hall–Kier alpha value is 0.610. The maximum Gasteiger partial charge on any atom is 0.0493 e. The lowest BCUT2D eigenvalue weighted by Crippen LogP contribution is -2.29. The summed E-state index contributed by atoms with van der Waals surface area (Å²) in [4.78, 5) is 10.0. The third kappa shape index (κ3) is 5.48. The predicted octanol–water partition coefficient (Wildman–Crippen LogP) is 4.04. The van der Waals surface area contributed by atoms with E-state index in [4.69, 9.17) is 0 Å². The van der Waals surface area contributed by atoms with E-state index in [-0.39, 0.29) is 16.5 Å². The Morgan fingerprint density at radius 1 is 1.21 bits per heavy atom. The van der Waals surface area contributed by atoms with Gasteiger partial charge in [-0.3, -0.25) is 0 Å². The van der Waals surface area contributed by atoms with Gasteiger partial charge in [0.25, 0.3) is 0 Å². The van der Waals surface area contributed by atoms with E-state index in [0.29, 0.717) is 0 Å². The van der Waals surface area contributed by atoms with Crippen LogP contribution in [0.4, 0.5) is 0 Å². The number of thiol groups is 1. The summed E-state index contributed by atoms with van der Waals surface area (Å²) in [6.45, 7) is 13.0. The molecule has 0 amide bonds. The van der Waals surface area contributed by atoms with E-state index in [1.807, 2.05) is 0 Å². The average molecular weight is 236 g/mol. The van der Waals surface area contributed by atoms with E-state index < -0.39 is 6.31 Å². The highest BCUT2D eigenvalue weighted by Crippen LogP contribution is 2.59. The lowest BCUT2D eigenvalue weighted by Gasteiger charge is -2.39. The summed E-state index contributed by atoms with van der Waals surface area (Å²) in [5.74, 6) is 0. The van der Waals surface area contributed by atoms with Gasteiger partial charge >= 0.3 is 0 Å². The van der Waals surface area contributed by atoms with Gasteiger partial charge in [0.2, 0.25) is 0 Å². The first-order valence-corrected chi connectivity index (χ1v) is 8.17. The van der Waals surface area contributed by atoms with Crippen LogP contribution in [0.3, 0.4) is 0 Å². The van der Waals surface area contributed by atoms with Crippen molar-refractivity contribution in [2.24, 2.45) is 10.8 Å². The molecule has 86 valence electrons. The highest BCUT2D eigenvalue weighted by atomic mass is 32.7. The zero-order valence-corrected chi connectivity index (χ0v) is 12.1. The summed E-state index contributed by atoms with van der Waals surface area (Å²) >= 11 is 4.31. The van der Waals surface area contributed by atoms with Gasteiger partial charge in [0.05, 0.1) is 0 Å². The molecule has 3 heteroatoms. The van der Waals surface area contributed by atoms with Crippen molar-refractivity contribution in [3.05, 3.63) is 0 Å². The first-order chi connectivity index (χ1) is 5.84. The molecule has 0 aromatic rings. The number of hydrogen-bond donors (Lipinski definition) is 2. The predicted molar refractivity (Wildman–Crippen MR) is 72.6 cm³/mol. The van der Waals surface area contributed by atoms with Crippen LogP contribution in [0.15, 0.2) is 0 Å². The zero-order chi connectivity index (χ0) is 11.8. The van der Waals surface area contributed by atoms with Crippen LogP contribution in [-0.2, 0) is 0 Å². The fourth-order valence-electron chi connectivity index (χ4n) is 1.65. The van der Waals surface area contributed by atoms with Gasteiger partial charge in [-0.15, -0.1) is 12.2 Å². The van der Waals surface area contributed by atoms with Crippen molar-refractivity contribution in [2.45, 2.75) is 53.6 Å². The molecule has 0 aliphatic rings. The fourth-order valence-corrected chi connectivity index (χ4v) is 5.02. The van der Waals surface area contributed by atoms with Crippen molar-refractivity contribution < 1.29 is 4.89 Å². The molecule has 1 N–H and O–H groups in total. The van der Waals surface area contributed by atoms with Crippen molar-refractivity contribution in [1.29, 1.82) is 0 Å². The van der Waals surface area contributed by atoms with E-state index in [2.05, 4.69) is 60.1 Å². The third-order valence-electron chi connectivity index (χ3n) is 2.30. The number of hydrogen-bond acceptors (Lipinski definition) is 2. The minimum Gasteiger partial charge on any atom is -0.366 e. The van der Waals surface area contributed by atoms with Crippen molar-refractivity contribution in [2.75, 3.05) is 0 Å². The molecular weight excluding hydrogens is 211 g/mol. The van der Waals surface area contributed by atoms with Crippen LogP contribution >= 0.6 is 18.6 Å². The Labute approximate surface area is 94.5 Å². The molecule has 0 aliphatic carbocycles. The van der Waals surface area contributed by atoms with E-state index in [0.717, 1.165) is 6.42 Å². The van der Waals surface area contributed by atoms with Gasteiger partial charge in [-0.1, -0.05) is 47.8 Å². The molecule has 1 nitrogen and oxygen atoms in total. The van der Waals surface area contributed by atoms with Crippen molar-refractivity contribution in [3.8, 4) is 0 Å². The molecule has 0 bridgehead atoms. The number of rotatable bonds is 2. The lowest BCUT2D eigenvalue weighted by molar-refractivity contribution is 0.276. The molecule has 0 radical (unpaired) electrons. The second-order valence-electron chi connectivity index (χ2n) is 6.43. The van der Waals surface area contributed by atoms with E-state index >= 15 is 0 Å². The Bertz CT molecular complexity index is 229. The molecule has 0 aromatic carbocycles. The van der Waals surface area contributed by atoms with Crippen molar-refractivity contribution >= 4 is 24.9 Å². The molecule has 2 atom stereocenters. The summed E-state index contributed by atoms with van der Waals surface area (Å²) < 4.78 is 0. The minimum atomic E-state index is -2.30. The largest absolute Gasteiger partial charge is 0.366 e. The summed E-state index contributed by atoms with van der Waals surface area (Å²) in [6.07, 6.45) is 2.52. The molecular formula is C11H25OPS. The van der Waals surface area contributed by atoms with E-state index in [1.165, 1.54) is 0 Å². The molecule has 0 rings (SSSR count). The smallest absolute Gasteiger partial charge is 0.0493 e. The Balaban J connectivity index is 4.88. The molecule has 0 aromatic heterocycles. The molecule has 2 unspecified atom stereocenters. The first-order valence-electron chi connectivity index (χ1n) is 5.02. The lowest BCUT2D eigenvalue weighted by atomic mass is 9.81. The summed E-state index contributed by atoms with van der Waals surface area (Å²) in [5, 5.41) is 0. The molecule has 0 saturated heterocycles. The zero-order valence-electron chi connectivity index (χ0n) is 10.3. The average Bonchev–Trinajstić information content (AvgIpc) is 1.75. The van der Waals surface area contributed by atoms with Gasteiger partial charge in [0.15, 0.2) is 0 Å². The first kappa shape index (κ1) is 14.6. The van der Waals surface area contributed by atoms with Crippen LogP contribution in [0, 0.1) is 10.8 Å². The second kappa shape index (κ2) is 4.23. The highest BCUT2D eigenvalue weighted by molar-refractivity contribution is 8.49. The normalized spacial score (nSPS) is 20.3. The van der Waals surface area contributed by atoms with Crippen LogP contribution in [0.2, 0.25) is 0 Å². The minimum absolute atomic E-state index is 0.0688. The molecule has 0 saturated carbocycles. The van der Waals surface area contributed by atoms with Crippen LogP contribution in [0.5, 0.6) is 0 Å². The van der Waals surface area contributed by atoms with Gasteiger partial charge in [-0.2, -0.15) is 0 Å². The summed E-state index contributed by atoms with van der Waals surface area (Å²) in [6, 6.07) is 0. The monoisotopic (exact) mass is 236 g/mol. The molecule has 0 aliphatic heterocycles.